The summed E-state index contributed by atoms with van der Waals surface area (Å²) in [6.45, 7) is 7.38. The molecule has 23 heavy (non-hydrogen) atoms. The smallest absolute Gasteiger partial charge is 0.227 e. The third-order valence-corrected chi connectivity index (χ3v) is 3.65. The molecule has 0 bridgehead atoms. The third-order valence-electron chi connectivity index (χ3n) is 3.28. The fourth-order valence-corrected chi connectivity index (χ4v) is 2.03. The van der Waals surface area contributed by atoms with Gasteiger partial charge in [0.1, 0.15) is 0 Å². The second-order valence-corrected chi connectivity index (χ2v) is 6.02. The molecule has 0 atom stereocenters. The van der Waals surface area contributed by atoms with Crippen molar-refractivity contribution in [1.82, 2.24) is 16.0 Å². The lowest BCUT2D eigenvalue weighted by Crippen LogP contribution is -2.47. The van der Waals surface area contributed by atoms with Crippen LogP contribution in [0.2, 0.25) is 5.02 Å². The van der Waals surface area contributed by atoms with E-state index in [2.05, 4.69) is 20.9 Å². The molecule has 0 heterocycles. The van der Waals surface area contributed by atoms with Crippen LogP contribution in [0.1, 0.15) is 26.3 Å². The lowest BCUT2D eigenvalue weighted by Gasteiger charge is -2.24. The highest BCUT2D eigenvalue weighted by Gasteiger charge is 2.27. The largest absolute Gasteiger partial charge is 0.356 e. The highest BCUT2D eigenvalue weighted by Crippen LogP contribution is 2.15. The van der Waals surface area contributed by atoms with Gasteiger partial charge in [0.05, 0.1) is 5.41 Å². The van der Waals surface area contributed by atoms with Crippen LogP contribution < -0.4 is 16.0 Å². The molecule has 0 fully saturated rings. The first-order valence-electron chi connectivity index (χ1n) is 7.37. The Kier molecular flexibility index (Phi) is 10.2. The summed E-state index contributed by atoms with van der Waals surface area (Å²) in [5.74, 6) is 0.654. The van der Waals surface area contributed by atoms with Crippen molar-refractivity contribution in [1.29, 1.82) is 0 Å². The normalized spacial score (nSPS) is 11.4. The Morgan fingerprint density at radius 2 is 1.87 bits per heavy atom. The Morgan fingerprint density at radius 3 is 2.43 bits per heavy atom. The molecule has 1 aromatic rings. The van der Waals surface area contributed by atoms with E-state index in [1.807, 2.05) is 45.0 Å². The minimum atomic E-state index is -0.516. The summed E-state index contributed by atoms with van der Waals surface area (Å²) >= 11 is 6.12. The number of nitrogens with zero attached hydrogens (tertiary/aromatic N) is 1. The first-order chi connectivity index (χ1) is 10.4. The molecule has 0 saturated heterocycles. The Balaban J connectivity index is 0.00000484. The van der Waals surface area contributed by atoms with Crippen molar-refractivity contribution >= 4 is 47.4 Å². The van der Waals surface area contributed by atoms with Gasteiger partial charge in [-0.15, -0.1) is 24.0 Å². The highest BCUT2D eigenvalue weighted by atomic mass is 127. The quantitative estimate of drug-likeness (QED) is 0.353. The molecule has 0 saturated carbocycles. The standard InChI is InChI=1S/C16H25ClN4O.HI/c1-5-19-14(22)16(2,3)11-21-15(18-4)20-10-12-8-6-7-9-13(12)17;/h6-9H,5,10-11H2,1-4H3,(H,19,22)(H2,18,20,21);1H. The average molecular weight is 453 g/mol. The zero-order chi connectivity index (χ0) is 16.6. The van der Waals surface area contributed by atoms with Gasteiger partial charge in [0, 0.05) is 31.7 Å². The molecule has 0 aliphatic heterocycles. The minimum absolute atomic E-state index is 0. The predicted molar refractivity (Wildman–Crippen MR) is 108 cm³/mol. The molecule has 1 rings (SSSR count). The lowest BCUT2D eigenvalue weighted by atomic mass is 9.92. The van der Waals surface area contributed by atoms with Crippen molar-refractivity contribution in [3.63, 3.8) is 0 Å². The number of hydrogen-bond acceptors (Lipinski definition) is 2. The monoisotopic (exact) mass is 452 g/mol. The molecule has 0 aromatic heterocycles. The summed E-state index contributed by atoms with van der Waals surface area (Å²) in [6.07, 6.45) is 0. The number of amides is 1. The maximum atomic E-state index is 12.0. The van der Waals surface area contributed by atoms with Crippen LogP contribution in [0, 0.1) is 5.41 Å². The van der Waals surface area contributed by atoms with Crippen molar-refractivity contribution in [3.05, 3.63) is 34.9 Å². The van der Waals surface area contributed by atoms with Crippen LogP contribution in [0.5, 0.6) is 0 Å². The Morgan fingerprint density at radius 1 is 1.22 bits per heavy atom. The van der Waals surface area contributed by atoms with Crippen molar-refractivity contribution in [2.75, 3.05) is 20.1 Å². The van der Waals surface area contributed by atoms with Gasteiger partial charge in [-0.25, -0.2) is 0 Å². The maximum absolute atomic E-state index is 12.0. The van der Waals surface area contributed by atoms with Crippen LogP contribution in [0.25, 0.3) is 0 Å². The number of rotatable bonds is 6. The summed E-state index contributed by atoms with van der Waals surface area (Å²) in [6, 6.07) is 7.65. The van der Waals surface area contributed by atoms with Gasteiger partial charge in [0.2, 0.25) is 5.91 Å². The first kappa shape index (κ1) is 22.0. The molecule has 0 spiro atoms. The number of carbonyl (C=O) groups is 1. The molecule has 1 amide bonds. The number of benzene rings is 1. The van der Waals surface area contributed by atoms with E-state index in [1.54, 1.807) is 7.05 Å². The van der Waals surface area contributed by atoms with Crippen molar-refractivity contribution in [2.24, 2.45) is 10.4 Å². The molecule has 1 aromatic carbocycles. The summed E-state index contributed by atoms with van der Waals surface area (Å²) in [4.78, 5) is 16.1. The van der Waals surface area contributed by atoms with Crippen LogP contribution in [0.4, 0.5) is 0 Å². The van der Waals surface area contributed by atoms with E-state index in [0.717, 1.165) is 5.56 Å². The maximum Gasteiger partial charge on any atom is 0.227 e. The zero-order valence-corrected chi connectivity index (χ0v) is 17.2. The van der Waals surface area contributed by atoms with E-state index >= 15 is 0 Å². The van der Waals surface area contributed by atoms with Gasteiger partial charge in [0.15, 0.2) is 5.96 Å². The Labute approximate surface area is 160 Å². The Hall–Kier alpha value is -1.02. The molecule has 0 aliphatic rings. The minimum Gasteiger partial charge on any atom is -0.356 e. The molecule has 5 nitrogen and oxygen atoms in total. The zero-order valence-electron chi connectivity index (χ0n) is 14.1. The number of nitrogens with one attached hydrogen (secondary N) is 3. The Bertz CT molecular complexity index is 535. The van der Waals surface area contributed by atoms with Gasteiger partial charge in [-0.3, -0.25) is 9.79 Å². The number of carbonyl (C=O) groups excluding carboxylic acids is 1. The van der Waals surface area contributed by atoms with Gasteiger partial charge in [-0.1, -0.05) is 29.8 Å². The van der Waals surface area contributed by atoms with Crippen LogP contribution in [-0.4, -0.2) is 32.0 Å². The average Bonchev–Trinajstić information content (AvgIpc) is 2.49. The van der Waals surface area contributed by atoms with Crippen LogP contribution in [0.3, 0.4) is 0 Å². The van der Waals surface area contributed by atoms with Crippen molar-refractivity contribution < 1.29 is 4.79 Å². The topological polar surface area (TPSA) is 65.5 Å². The van der Waals surface area contributed by atoms with Crippen LogP contribution in [-0.2, 0) is 11.3 Å². The van der Waals surface area contributed by atoms with Crippen molar-refractivity contribution in [3.8, 4) is 0 Å². The van der Waals surface area contributed by atoms with Gasteiger partial charge < -0.3 is 16.0 Å². The number of guanidine groups is 1. The summed E-state index contributed by atoms with van der Waals surface area (Å²) in [5.41, 5.74) is 0.480. The molecule has 0 aliphatic carbocycles. The molecule has 130 valence electrons. The first-order valence-corrected chi connectivity index (χ1v) is 7.74. The second-order valence-electron chi connectivity index (χ2n) is 5.61. The molecular formula is C16H26ClIN4O. The van der Waals surface area contributed by atoms with Gasteiger partial charge in [-0.2, -0.15) is 0 Å². The van der Waals surface area contributed by atoms with E-state index in [-0.39, 0.29) is 29.9 Å². The van der Waals surface area contributed by atoms with Crippen LogP contribution >= 0.6 is 35.6 Å². The fourth-order valence-electron chi connectivity index (χ4n) is 1.83. The molecule has 0 radical (unpaired) electrons. The molecule has 3 N–H and O–H groups in total. The third kappa shape index (κ3) is 7.39. The van der Waals surface area contributed by atoms with Crippen molar-refractivity contribution in [2.45, 2.75) is 27.3 Å². The van der Waals surface area contributed by atoms with Gasteiger partial charge in [-0.05, 0) is 32.4 Å². The van der Waals surface area contributed by atoms with E-state index in [9.17, 15) is 4.79 Å². The predicted octanol–water partition coefficient (Wildman–Crippen LogP) is 2.79. The summed E-state index contributed by atoms with van der Waals surface area (Å²) < 4.78 is 0. The highest BCUT2D eigenvalue weighted by molar-refractivity contribution is 14.0. The number of halogens is 2. The summed E-state index contributed by atoms with van der Waals surface area (Å²) in [5, 5.41) is 9.92. The molecule has 7 heteroatoms. The van der Waals surface area contributed by atoms with E-state index < -0.39 is 5.41 Å². The summed E-state index contributed by atoms with van der Waals surface area (Å²) in [7, 11) is 1.70. The second kappa shape index (κ2) is 10.7. The number of aliphatic imine (C=N–C) groups is 1. The molecule has 0 unspecified atom stereocenters. The van der Waals surface area contributed by atoms with E-state index in [4.69, 9.17) is 11.6 Å². The van der Waals surface area contributed by atoms with Crippen LogP contribution in [0.15, 0.2) is 29.3 Å². The van der Waals surface area contributed by atoms with Gasteiger partial charge in [0.25, 0.3) is 0 Å². The lowest BCUT2D eigenvalue weighted by molar-refractivity contribution is -0.128. The SMILES string of the molecule is CCNC(=O)C(C)(C)CNC(=NC)NCc1ccccc1Cl.I. The van der Waals surface area contributed by atoms with E-state index in [0.29, 0.717) is 30.6 Å². The van der Waals surface area contributed by atoms with Gasteiger partial charge >= 0.3 is 0 Å². The fraction of sp³-hybridized carbons (Fsp3) is 0.500. The number of hydrogen-bond donors (Lipinski definition) is 3. The molecular weight excluding hydrogens is 427 g/mol. The van der Waals surface area contributed by atoms with E-state index in [1.165, 1.54) is 0 Å².